The van der Waals surface area contributed by atoms with Crippen LogP contribution in [0.2, 0.25) is 5.02 Å². The number of fused-ring (bicyclic) bond motifs is 3. The molecule has 2 bridgehead atoms. The minimum atomic E-state index is -3.64. The fourth-order valence-corrected chi connectivity index (χ4v) is 9.29. The maximum absolute atomic E-state index is 14.4. The predicted octanol–water partition coefficient (Wildman–Crippen LogP) is 6.86. The van der Waals surface area contributed by atoms with E-state index in [0.717, 1.165) is 43.4 Å². The first-order valence-corrected chi connectivity index (χ1v) is 19.3. The summed E-state index contributed by atoms with van der Waals surface area (Å²) in [7, 11) is -1.92. The van der Waals surface area contributed by atoms with Crippen molar-refractivity contribution < 1.29 is 36.8 Å². The molecule has 1 aliphatic carbocycles. The van der Waals surface area contributed by atoms with Crippen molar-refractivity contribution >= 4 is 39.1 Å². The highest BCUT2D eigenvalue weighted by Crippen LogP contribution is 2.42. The molecule has 2 fully saturated rings. The Morgan fingerprint density at radius 2 is 1.94 bits per heavy atom. The molecule has 10 nitrogen and oxygen atoms in total. The Kier molecular flexibility index (Phi) is 11.7. The summed E-state index contributed by atoms with van der Waals surface area (Å²) < 4.78 is 63.1. The molecule has 1 N–H and O–H groups in total. The van der Waals surface area contributed by atoms with Gasteiger partial charge < -0.3 is 24.0 Å². The van der Waals surface area contributed by atoms with Crippen LogP contribution in [-0.4, -0.2) is 79.0 Å². The Morgan fingerprint density at radius 1 is 1.12 bits per heavy atom. The lowest BCUT2D eigenvalue weighted by Gasteiger charge is -2.43. The Labute approximate surface area is 297 Å². The molecule has 3 aliphatic heterocycles. The van der Waals surface area contributed by atoms with Crippen molar-refractivity contribution in [1.29, 1.82) is 0 Å². The third kappa shape index (κ3) is 8.78. The number of aryl methyl sites for hydroxylation is 1. The quantitative estimate of drug-likeness (QED) is 0.342. The fraction of sp³-hybridized carbons (Fsp3) is 0.556. The number of allylic oxidation sites excluding steroid dienone is 1. The molecule has 0 aromatic heterocycles. The number of amides is 3. The molecule has 272 valence electrons. The predicted molar refractivity (Wildman–Crippen MR) is 188 cm³/mol. The molecule has 1 saturated heterocycles. The zero-order valence-corrected chi connectivity index (χ0v) is 30.0. The molecule has 5 atom stereocenters. The first-order valence-electron chi connectivity index (χ1n) is 17.3. The summed E-state index contributed by atoms with van der Waals surface area (Å²) in [6, 6.07) is 10.4. The van der Waals surface area contributed by atoms with E-state index in [9.17, 15) is 22.6 Å². The highest BCUT2D eigenvalue weighted by atomic mass is 35.5. The molecule has 6 rings (SSSR count). The smallest absolute Gasteiger partial charge is 0.345 e. The van der Waals surface area contributed by atoms with Gasteiger partial charge in [-0.05, 0) is 97.7 Å². The van der Waals surface area contributed by atoms with Crippen molar-refractivity contribution in [2.75, 3.05) is 44.0 Å². The van der Waals surface area contributed by atoms with E-state index in [1.54, 1.807) is 25.3 Å². The number of likely N-dealkylation sites (tertiary alicyclic amines) is 1. The zero-order valence-electron chi connectivity index (χ0n) is 28.4. The van der Waals surface area contributed by atoms with Crippen LogP contribution in [-0.2, 0) is 32.4 Å². The maximum atomic E-state index is 14.4. The molecule has 4 aliphatic rings. The van der Waals surface area contributed by atoms with Gasteiger partial charge in [0.1, 0.15) is 15.7 Å². The number of urea groups is 1. The summed E-state index contributed by atoms with van der Waals surface area (Å²) in [5.74, 6) is 0.189. The van der Waals surface area contributed by atoms with Crippen molar-refractivity contribution in [2.45, 2.75) is 70.8 Å². The van der Waals surface area contributed by atoms with E-state index in [2.05, 4.69) is 30.9 Å². The number of rotatable bonds is 4. The Bertz CT molecular complexity index is 1710. The van der Waals surface area contributed by atoms with Gasteiger partial charge in [0.15, 0.2) is 0 Å². The van der Waals surface area contributed by atoms with Crippen molar-refractivity contribution in [3.63, 3.8) is 0 Å². The van der Waals surface area contributed by atoms with E-state index in [-0.39, 0.29) is 42.3 Å². The van der Waals surface area contributed by atoms with E-state index < -0.39 is 34.6 Å². The summed E-state index contributed by atoms with van der Waals surface area (Å²) in [4.78, 5) is 30.5. The van der Waals surface area contributed by atoms with Crippen LogP contribution in [0.4, 0.5) is 19.3 Å². The molecule has 3 amide bonds. The van der Waals surface area contributed by atoms with Gasteiger partial charge in [0.25, 0.3) is 5.91 Å². The standard InChI is InChI=1S/C36H45ClF2N4O6S/c1-23-6-5-8-32(47-2)30-13-10-27(30)19-42-18-26-9-12-28(37)16-24(26)7-3-4-15-48-33-14-11-25(17-31(33)42)34(44)40-50(46,22-23)41-36(45)43-20-29(21-43)49-35(38)39/h5,8-9,11-12,14,16-17,23,27,29-30,32,35H,3-4,6-7,10,13,15,18-22H2,1-2H3,(H,40,41,44,45,46)/b8-5+/t23-,27-,30+,32-,50?/m0/s1. The zero-order chi connectivity index (χ0) is 35.4. The number of benzene rings is 2. The second-order valence-corrected chi connectivity index (χ2v) is 16.2. The van der Waals surface area contributed by atoms with Crippen LogP contribution in [0.1, 0.15) is 60.5 Å². The van der Waals surface area contributed by atoms with Crippen molar-refractivity contribution in [3.8, 4) is 5.75 Å². The number of carbonyl (C=O) groups is 2. The summed E-state index contributed by atoms with van der Waals surface area (Å²) >= 11 is 6.44. The molecule has 0 radical (unpaired) electrons. The van der Waals surface area contributed by atoms with Crippen LogP contribution < -0.4 is 14.4 Å². The molecule has 14 heteroatoms. The lowest BCUT2D eigenvalue weighted by Crippen LogP contribution is -2.59. The van der Waals surface area contributed by atoms with Crippen LogP contribution in [0.3, 0.4) is 0 Å². The minimum Gasteiger partial charge on any atom is -0.491 e. The van der Waals surface area contributed by atoms with Crippen molar-refractivity contribution in [3.05, 3.63) is 70.3 Å². The van der Waals surface area contributed by atoms with E-state index in [1.807, 2.05) is 25.1 Å². The molecule has 1 saturated carbocycles. The van der Waals surface area contributed by atoms with Gasteiger partial charge >= 0.3 is 12.6 Å². The van der Waals surface area contributed by atoms with Gasteiger partial charge in [-0.25, -0.2) is 9.00 Å². The van der Waals surface area contributed by atoms with Gasteiger partial charge in [-0.2, -0.15) is 8.78 Å². The number of anilines is 1. The fourth-order valence-electron chi connectivity index (χ4n) is 7.21. The number of alkyl halides is 2. The number of methoxy groups -OCH3 is 1. The van der Waals surface area contributed by atoms with Gasteiger partial charge in [0.2, 0.25) is 0 Å². The van der Waals surface area contributed by atoms with Crippen LogP contribution in [0.15, 0.2) is 52.9 Å². The van der Waals surface area contributed by atoms with Gasteiger partial charge in [0, 0.05) is 30.8 Å². The number of hydrogen-bond acceptors (Lipinski definition) is 7. The first kappa shape index (κ1) is 36.5. The van der Waals surface area contributed by atoms with Gasteiger partial charge in [-0.1, -0.05) is 36.7 Å². The van der Waals surface area contributed by atoms with Gasteiger partial charge in [-0.15, -0.1) is 4.36 Å². The second kappa shape index (κ2) is 16.0. The van der Waals surface area contributed by atoms with E-state index in [1.165, 1.54) is 10.5 Å². The number of carbonyl (C=O) groups excluding carboxylic acids is 2. The summed E-state index contributed by atoms with van der Waals surface area (Å²) in [5.41, 5.74) is 3.26. The molecule has 2 aromatic carbocycles. The number of ether oxygens (including phenoxy) is 3. The largest absolute Gasteiger partial charge is 0.491 e. The van der Waals surface area contributed by atoms with Crippen molar-refractivity contribution in [1.82, 2.24) is 9.62 Å². The Balaban J connectivity index is 1.39. The topological polar surface area (TPSA) is 110 Å². The third-order valence-electron chi connectivity index (χ3n) is 10.1. The number of nitrogens with zero attached hydrogens (tertiary/aromatic N) is 3. The molecule has 50 heavy (non-hydrogen) atoms. The van der Waals surface area contributed by atoms with Crippen molar-refractivity contribution in [2.24, 2.45) is 22.1 Å². The molecular formula is C36H45ClF2N4O6S. The van der Waals surface area contributed by atoms with E-state index >= 15 is 0 Å². The Hall–Kier alpha value is -3.26. The van der Waals surface area contributed by atoms with Crippen LogP contribution in [0.25, 0.3) is 0 Å². The first-order chi connectivity index (χ1) is 24.0. The average molecular weight is 735 g/mol. The number of hydrogen-bond donors (Lipinski definition) is 1. The van der Waals surface area contributed by atoms with E-state index in [0.29, 0.717) is 42.8 Å². The second-order valence-electron chi connectivity index (χ2n) is 13.8. The number of halogens is 3. The molecule has 1 unspecified atom stereocenters. The molecule has 0 spiro atoms. The van der Waals surface area contributed by atoms with Crippen LogP contribution >= 0.6 is 11.6 Å². The molecular weight excluding hydrogens is 690 g/mol. The molecule has 3 heterocycles. The summed E-state index contributed by atoms with van der Waals surface area (Å²) in [6.45, 7) is 0.494. The highest BCUT2D eigenvalue weighted by molar-refractivity contribution is 7.92. The van der Waals surface area contributed by atoms with Gasteiger partial charge in [0.05, 0.1) is 43.3 Å². The maximum Gasteiger partial charge on any atom is 0.345 e. The average Bonchev–Trinajstić information content (AvgIpc) is 3.06. The Morgan fingerprint density at radius 3 is 2.68 bits per heavy atom. The van der Waals surface area contributed by atoms with Crippen LogP contribution in [0, 0.1) is 17.8 Å². The third-order valence-corrected chi connectivity index (χ3v) is 12.3. The van der Waals surface area contributed by atoms with E-state index in [4.69, 9.17) is 21.1 Å². The monoisotopic (exact) mass is 734 g/mol. The lowest BCUT2D eigenvalue weighted by atomic mass is 9.70. The normalized spacial score (nSPS) is 28.5. The lowest BCUT2D eigenvalue weighted by molar-refractivity contribution is -0.189. The molecule has 2 aromatic rings. The SMILES string of the molecule is CO[C@H]1/C=C/C[C@H](C)CS(=O)(NC(=O)N2CC(OC(F)F)C2)=NC(=O)c2ccc3c(c2)N(Cc2ccc(Cl)cc2CCCCO3)C[C@@H]2CC[C@H]21. The minimum absolute atomic E-state index is 0.0888. The summed E-state index contributed by atoms with van der Waals surface area (Å²) in [6.07, 6.45) is 8.33. The highest BCUT2D eigenvalue weighted by Gasteiger charge is 2.38. The van der Waals surface area contributed by atoms with Crippen LogP contribution in [0.5, 0.6) is 5.75 Å². The summed E-state index contributed by atoms with van der Waals surface area (Å²) in [5, 5.41) is 0.687. The van der Waals surface area contributed by atoms with Gasteiger partial charge in [-0.3, -0.25) is 9.52 Å². The number of nitrogens with one attached hydrogen (secondary N) is 1.